The van der Waals surface area contributed by atoms with Crippen LogP contribution in [0.2, 0.25) is 0 Å². The van der Waals surface area contributed by atoms with E-state index in [-0.39, 0.29) is 19.3 Å². The van der Waals surface area contributed by atoms with Crippen molar-refractivity contribution < 1.29 is 23.8 Å². The number of esters is 1. The lowest BCUT2D eigenvalue weighted by Crippen LogP contribution is -2.56. The molecule has 1 aromatic rings. The number of carbonyl (C=O) groups is 2. The number of fused-ring (bicyclic) bond motifs is 1. The zero-order chi connectivity index (χ0) is 20.0. The summed E-state index contributed by atoms with van der Waals surface area (Å²) < 4.78 is 15.8. The Morgan fingerprint density at radius 2 is 2.15 bits per heavy atom. The van der Waals surface area contributed by atoms with Gasteiger partial charge in [0.15, 0.2) is 12.2 Å². The molecule has 6 nitrogen and oxygen atoms in total. The Morgan fingerprint density at radius 1 is 1.41 bits per heavy atom. The van der Waals surface area contributed by atoms with Crippen molar-refractivity contribution in [2.45, 2.75) is 26.2 Å². The van der Waals surface area contributed by atoms with Crippen LogP contribution in [0.15, 0.2) is 30.9 Å². The number of allylic oxidation sites excluding steroid dienone is 1. The van der Waals surface area contributed by atoms with Gasteiger partial charge in [0.05, 0.1) is 12.3 Å². The fourth-order valence-electron chi connectivity index (χ4n) is 3.62. The van der Waals surface area contributed by atoms with E-state index in [1.54, 1.807) is 31.1 Å². The van der Waals surface area contributed by atoms with E-state index in [1.807, 2.05) is 19.1 Å². The molecule has 2 rings (SSSR count). The number of nitrogens with zero attached hydrogens (tertiary/aromatic N) is 1. The fraction of sp³-hybridized carbons (Fsp3) is 0.500. The molecule has 148 valence electrons. The van der Waals surface area contributed by atoms with Gasteiger partial charge in [-0.3, -0.25) is 9.59 Å². The summed E-state index contributed by atoms with van der Waals surface area (Å²) in [5.74, 6) is -0.683. The van der Waals surface area contributed by atoms with Crippen molar-refractivity contribution in [1.82, 2.24) is 0 Å². The van der Waals surface area contributed by atoms with E-state index < -0.39 is 17.3 Å². The van der Waals surface area contributed by atoms with Crippen molar-refractivity contribution in [1.29, 1.82) is 0 Å². The maximum absolute atomic E-state index is 13.5. The van der Waals surface area contributed by atoms with Crippen LogP contribution in [-0.4, -0.2) is 44.3 Å². The Morgan fingerprint density at radius 3 is 2.70 bits per heavy atom. The molecule has 2 atom stereocenters. The lowest BCUT2D eigenvalue weighted by Gasteiger charge is -2.45. The molecule has 1 heterocycles. The Labute approximate surface area is 168 Å². The van der Waals surface area contributed by atoms with Gasteiger partial charge in [-0.1, -0.05) is 28.1 Å². The predicted molar refractivity (Wildman–Crippen MR) is 107 cm³/mol. The number of amides is 1. The molecule has 0 saturated carbocycles. The summed E-state index contributed by atoms with van der Waals surface area (Å²) in [7, 11) is 1.54. The molecular weight excluding hydrogens is 414 g/mol. The first-order chi connectivity index (χ1) is 13.0. The van der Waals surface area contributed by atoms with Crippen LogP contribution < -0.4 is 9.64 Å². The van der Waals surface area contributed by atoms with Gasteiger partial charge in [-0.25, -0.2) is 0 Å². The van der Waals surface area contributed by atoms with Crippen LogP contribution in [0.3, 0.4) is 0 Å². The fourth-order valence-corrected chi connectivity index (χ4v) is 4.24. The molecule has 0 saturated heterocycles. The first-order valence-electron chi connectivity index (χ1n) is 8.95. The first-order valence-corrected chi connectivity index (χ1v) is 10.1. The second kappa shape index (κ2) is 9.37. The molecule has 0 fully saturated rings. The Hall–Kier alpha value is -1.86. The average Bonchev–Trinajstić information content (AvgIpc) is 2.67. The van der Waals surface area contributed by atoms with Gasteiger partial charge in [0.25, 0.3) is 0 Å². The van der Waals surface area contributed by atoms with Gasteiger partial charge < -0.3 is 19.1 Å². The van der Waals surface area contributed by atoms with Crippen LogP contribution in [-0.2, 0) is 19.1 Å². The van der Waals surface area contributed by atoms with Crippen molar-refractivity contribution in [2.75, 3.05) is 37.3 Å². The Balaban J connectivity index is 2.65. The minimum atomic E-state index is -1.33. The molecule has 0 radical (unpaired) electrons. The Kier molecular flexibility index (Phi) is 7.44. The molecule has 1 aromatic carbocycles. The third kappa shape index (κ3) is 3.75. The molecule has 1 amide bonds. The highest BCUT2D eigenvalue weighted by molar-refractivity contribution is 9.09. The van der Waals surface area contributed by atoms with Crippen LogP contribution in [0.1, 0.15) is 31.7 Å². The highest BCUT2D eigenvalue weighted by Crippen LogP contribution is 2.51. The summed E-state index contributed by atoms with van der Waals surface area (Å²) >= 11 is 3.40. The monoisotopic (exact) mass is 439 g/mol. The molecular formula is C20H26BrNO5. The molecule has 1 aliphatic heterocycles. The zero-order valence-corrected chi connectivity index (χ0v) is 17.6. The second-order valence-corrected chi connectivity index (χ2v) is 6.96. The van der Waals surface area contributed by atoms with Gasteiger partial charge in [-0.15, -0.1) is 6.58 Å². The van der Waals surface area contributed by atoms with Gasteiger partial charge in [-0.05, 0) is 31.9 Å². The van der Waals surface area contributed by atoms with Crippen LogP contribution >= 0.6 is 15.9 Å². The van der Waals surface area contributed by atoms with Crippen molar-refractivity contribution in [3.63, 3.8) is 0 Å². The molecule has 0 spiro atoms. The number of alkyl halides is 1. The molecule has 0 unspecified atom stereocenters. The first kappa shape index (κ1) is 21.4. The predicted octanol–water partition coefficient (Wildman–Crippen LogP) is 3.64. The minimum Gasteiger partial charge on any atom is -0.467 e. The van der Waals surface area contributed by atoms with Crippen LogP contribution in [0, 0.1) is 5.41 Å². The maximum atomic E-state index is 13.5. The number of methoxy groups -OCH3 is 1. The number of ether oxygens (including phenoxy) is 3. The summed E-state index contributed by atoms with van der Waals surface area (Å²) in [4.78, 5) is 28.1. The number of carbonyl (C=O) groups excluding carboxylic acids is 2. The third-order valence-electron chi connectivity index (χ3n) is 4.81. The van der Waals surface area contributed by atoms with E-state index in [2.05, 4.69) is 22.5 Å². The second-order valence-electron chi connectivity index (χ2n) is 6.17. The van der Waals surface area contributed by atoms with E-state index in [1.165, 1.54) is 0 Å². The lowest BCUT2D eigenvalue weighted by molar-refractivity contribution is -0.161. The van der Waals surface area contributed by atoms with E-state index in [0.29, 0.717) is 24.0 Å². The summed E-state index contributed by atoms with van der Waals surface area (Å²) in [6.07, 6.45) is 1.98. The maximum Gasteiger partial charge on any atom is 0.322 e. The van der Waals surface area contributed by atoms with Crippen LogP contribution in [0.25, 0.3) is 0 Å². The zero-order valence-electron chi connectivity index (χ0n) is 16.0. The summed E-state index contributed by atoms with van der Waals surface area (Å²) in [5, 5.41) is 0.490. The van der Waals surface area contributed by atoms with E-state index >= 15 is 0 Å². The normalized spacial score (nSPS) is 21.6. The number of hydrogen-bond donors (Lipinski definition) is 0. The van der Waals surface area contributed by atoms with Crippen LogP contribution in [0.4, 0.5) is 5.69 Å². The van der Waals surface area contributed by atoms with E-state index in [0.717, 1.165) is 11.3 Å². The minimum absolute atomic E-state index is 0.111. The largest absolute Gasteiger partial charge is 0.467 e. The highest BCUT2D eigenvalue weighted by Gasteiger charge is 2.57. The average molecular weight is 440 g/mol. The quantitative estimate of drug-likeness (QED) is 0.193. The summed E-state index contributed by atoms with van der Waals surface area (Å²) in [5.41, 5.74) is 0.236. The molecule has 0 bridgehead atoms. The molecule has 0 N–H and O–H groups in total. The van der Waals surface area contributed by atoms with Crippen molar-refractivity contribution in [2.24, 2.45) is 5.41 Å². The SMILES string of the molecule is C=C[C@H]1c2ccc(OCOC)cc2N(CC)C(=O)[C@@]1(CCBr)C(=O)OCC. The number of rotatable bonds is 9. The van der Waals surface area contributed by atoms with E-state index in [9.17, 15) is 9.59 Å². The topological polar surface area (TPSA) is 65.1 Å². The Bertz CT molecular complexity index is 708. The molecule has 1 aliphatic rings. The lowest BCUT2D eigenvalue weighted by atomic mass is 9.66. The summed E-state index contributed by atoms with van der Waals surface area (Å²) in [6.45, 7) is 8.28. The molecule has 0 aliphatic carbocycles. The van der Waals surface area contributed by atoms with Crippen molar-refractivity contribution >= 4 is 33.5 Å². The van der Waals surface area contributed by atoms with Crippen molar-refractivity contribution in [3.05, 3.63) is 36.4 Å². The van der Waals surface area contributed by atoms with Gasteiger partial charge in [0.1, 0.15) is 5.75 Å². The number of benzene rings is 1. The number of hydrogen-bond acceptors (Lipinski definition) is 5. The number of halogens is 1. The van der Waals surface area contributed by atoms with Gasteiger partial charge in [-0.2, -0.15) is 0 Å². The van der Waals surface area contributed by atoms with E-state index in [4.69, 9.17) is 14.2 Å². The molecule has 7 heteroatoms. The standard InChI is InChI=1S/C20H26BrNO5/c1-5-16-15-9-8-14(27-13-25-4)12-17(15)22(6-2)18(23)20(16,10-11-21)19(24)26-7-3/h5,8-9,12,16H,1,6-7,10-11,13H2,2-4H3/t16-,20-/m0/s1. The van der Waals surface area contributed by atoms with Gasteiger partial charge >= 0.3 is 5.97 Å². The van der Waals surface area contributed by atoms with Crippen LogP contribution in [0.5, 0.6) is 5.75 Å². The van der Waals surface area contributed by atoms with Crippen molar-refractivity contribution in [3.8, 4) is 5.75 Å². The van der Waals surface area contributed by atoms with Gasteiger partial charge in [0.2, 0.25) is 5.91 Å². The highest BCUT2D eigenvalue weighted by atomic mass is 79.9. The van der Waals surface area contributed by atoms with Gasteiger partial charge in [0, 0.05) is 31.0 Å². The third-order valence-corrected chi connectivity index (χ3v) is 5.21. The molecule has 27 heavy (non-hydrogen) atoms. The number of anilines is 1. The smallest absolute Gasteiger partial charge is 0.322 e. The molecule has 0 aromatic heterocycles. The summed E-state index contributed by atoms with van der Waals surface area (Å²) in [6, 6.07) is 5.49.